The van der Waals surface area contributed by atoms with E-state index in [-0.39, 0.29) is 12.3 Å². The predicted octanol–water partition coefficient (Wildman–Crippen LogP) is 0.767. The van der Waals surface area contributed by atoms with Gasteiger partial charge in [0.15, 0.2) is 5.82 Å². The molecule has 0 aliphatic carbocycles. The van der Waals surface area contributed by atoms with Crippen molar-refractivity contribution < 1.29 is 9.32 Å². The third-order valence-corrected chi connectivity index (χ3v) is 2.92. The maximum absolute atomic E-state index is 11.7. The number of likely N-dealkylation sites (N-methyl/N-ethyl adjacent to an activating group) is 1. The van der Waals surface area contributed by atoms with Crippen molar-refractivity contribution in [1.82, 2.24) is 20.4 Å². The fourth-order valence-corrected chi connectivity index (χ4v) is 1.86. The van der Waals surface area contributed by atoms with E-state index < -0.39 is 0 Å². The first-order chi connectivity index (χ1) is 8.56. The molecule has 0 fully saturated rings. The van der Waals surface area contributed by atoms with Crippen LogP contribution in [0.5, 0.6) is 0 Å². The van der Waals surface area contributed by atoms with Crippen LogP contribution in [0.1, 0.15) is 32.5 Å². The summed E-state index contributed by atoms with van der Waals surface area (Å²) in [5, 5.41) is 6.58. The molecule has 1 unspecified atom stereocenters. The quantitative estimate of drug-likeness (QED) is 0.778. The van der Waals surface area contributed by atoms with Crippen LogP contribution < -0.4 is 5.32 Å². The molecule has 1 heterocycles. The second kappa shape index (κ2) is 7.10. The summed E-state index contributed by atoms with van der Waals surface area (Å²) in [5.41, 5.74) is 0. The molecule has 1 rings (SSSR count). The first-order valence-electron chi connectivity index (χ1n) is 6.36. The lowest BCUT2D eigenvalue weighted by atomic mass is 10.2. The molecule has 1 amide bonds. The Kier molecular flexibility index (Phi) is 5.77. The largest absolute Gasteiger partial charge is 0.354 e. The lowest BCUT2D eigenvalue weighted by Crippen LogP contribution is -2.42. The SMILES string of the molecule is CCN(CC)C(C)CNC(=O)Cc1noc(C)n1. The van der Waals surface area contributed by atoms with E-state index in [0.29, 0.717) is 24.3 Å². The van der Waals surface area contributed by atoms with Gasteiger partial charge in [0.2, 0.25) is 11.8 Å². The summed E-state index contributed by atoms with van der Waals surface area (Å²) in [5.74, 6) is 0.838. The van der Waals surface area contributed by atoms with Crippen LogP contribution in [0.15, 0.2) is 4.52 Å². The number of nitrogens with zero attached hydrogens (tertiary/aromatic N) is 3. The van der Waals surface area contributed by atoms with Crippen LogP contribution in [0.4, 0.5) is 0 Å². The molecular formula is C12H22N4O2. The van der Waals surface area contributed by atoms with Crippen molar-refractivity contribution in [2.24, 2.45) is 0 Å². The Bertz CT molecular complexity index is 374. The number of carbonyl (C=O) groups is 1. The van der Waals surface area contributed by atoms with Gasteiger partial charge in [0.25, 0.3) is 0 Å². The lowest BCUT2D eigenvalue weighted by molar-refractivity contribution is -0.120. The Hall–Kier alpha value is -1.43. The third-order valence-electron chi connectivity index (χ3n) is 2.92. The van der Waals surface area contributed by atoms with Gasteiger partial charge in [-0.1, -0.05) is 19.0 Å². The average Bonchev–Trinajstić information content (AvgIpc) is 2.73. The smallest absolute Gasteiger partial charge is 0.227 e. The van der Waals surface area contributed by atoms with Gasteiger partial charge in [0, 0.05) is 19.5 Å². The van der Waals surface area contributed by atoms with Gasteiger partial charge in [-0.05, 0) is 20.0 Å². The Morgan fingerprint density at radius 1 is 1.44 bits per heavy atom. The Labute approximate surface area is 108 Å². The molecule has 0 bridgehead atoms. The topological polar surface area (TPSA) is 71.3 Å². The molecule has 18 heavy (non-hydrogen) atoms. The molecule has 0 aliphatic heterocycles. The van der Waals surface area contributed by atoms with Crippen LogP contribution in [0.3, 0.4) is 0 Å². The summed E-state index contributed by atoms with van der Waals surface area (Å²) >= 11 is 0. The number of nitrogens with one attached hydrogen (secondary N) is 1. The van der Waals surface area contributed by atoms with E-state index in [0.717, 1.165) is 13.1 Å². The van der Waals surface area contributed by atoms with Crippen molar-refractivity contribution in [1.29, 1.82) is 0 Å². The first kappa shape index (κ1) is 14.6. The molecule has 1 N–H and O–H groups in total. The third kappa shape index (κ3) is 4.44. The monoisotopic (exact) mass is 254 g/mol. The number of hydrogen-bond donors (Lipinski definition) is 1. The highest BCUT2D eigenvalue weighted by Gasteiger charge is 2.13. The van der Waals surface area contributed by atoms with E-state index in [1.54, 1.807) is 6.92 Å². The predicted molar refractivity (Wildman–Crippen MR) is 68.1 cm³/mol. The van der Waals surface area contributed by atoms with Crippen molar-refractivity contribution >= 4 is 5.91 Å². The summed E-state index contributed by atoms with van der Waals surface area (Å²) in [6.45, 7) is 10.6. The van der Waals surface area contributed by atoms with Crippen molar-refractivity contribution in [2.45, 2.75) is 40.2 Å². The number of hydrogen-bond acceptors (Lipinski definition) is 5. The molecule has 0 aliphatic rings. The maximum Gasteiger partial charge on any atom is 0.227 e. The van der Waals surface area contributed by atoms with E-state index in [1.165, 1.54) is 0 Å². The Morgan fingerprint density at radius 2 is 2.11 bits per heavy atom. The van der Waals surface area contributed by atoms with E-state index in [9.17, 15) is 4.79 Å². The summed E-state index contributed by atoms with van der Waals surface area (Å²) < 4.78 is 4.81. The molecular weight excluding hydrogens is 232 g/mol. The van der Waals surface area contributed by atoms with Crippen LogP contribution >= 0.6 is 0 Å². The number of aromatic nitrogens is 2. The average molecular weight is 254 g/mol. The van der Waals surface area contributed by atoms with Gasteiger partial charge >= 0.3 is 0 Å². The summed E-state index contributed by atoms with van der Waals surface area (Å²) in [7, 11) is 0. The van der Waals surface area contributed by atoms with Crippen molar-refractivity contribution in [3.8, 4) is 0 Å². The first-order valence-corrected chi connectivity index (χ1v) is 6.36. The highest BCUT2D eigenvalue weighted by atomic mass is 16.5. The minimum absolute atomic E-state index is 0.0743. The fourth-order valence-electron chi connectivity index (χ4n) is 1.86. The van der Waals surface area contributed by atoms with Gasteiger partial charge in [-0.25, -0.2) is 0 Å². The molecule has 0 saturated heterocycles. The zero-order chi connectivity index (χ0) is 13.5. The standard InChI is InChI=1S/C12H22N4O2/c1-5-16(6-2)9(3)8-13-12(17)7-11-14-10(4)18-15-11/h9H,5-8H2,1-4H3,(H,13,17). The molecule has 1 aromatic rings. The molecule has 0 spiro atoms. The van der Waals surface area contributed by atoms with Crippen LogP contribution in [0.25, 0.3) is 0 Å². The maximum atomic E-state index is 11.7. The second-order valence-corrected chi connectivity index (χ2v) is 4.28. The van der Waals surface area contributed by atoms with Gasteiger partial charge in [0.1, 0.15) is 0 Å². The van der Waals surface area contributed by atoms with Crippen LogP contribution in [0.2, 0.25) is 0 Å². The minimum Gasteiger partial charge on any atom is -0.354 e. The Morgan fingerprint density at radius 3 is 2.61 bits per heavy atom. The summed E-state index contributed by atoms with van der Waals surface area (Å²) in [6.07, 6.45) is 0.169. The molecule has 1 atom stereocenters. The number of rotatable bonds is 7. The number of carbonyl (C=O) groups excluding carboxylic acids is 1. The molecule has 0 radical (unpaired) electrons. The van der Waals surface area contributed by atoms with Gasteiger partial charge in [0.05, 0.1) is 6.42 Å². The summed E-state index contributed by atoms with van der Waals surface area (Å²) in [4.78, 5) is 18.0. The lowest BCUT2D eigenvalue weighted by Gasteiger charge is -2.26. The van der Waals surface area contributed by atoms with Gasteiger partial charge < -0.3 is 9.84 Å². The van der Waals surface area contributed by atoms with E-state index in [1.807, 2.05) is 0 Å². The van der Waals surface area contributed by atoms with Crippen molar-refractivity contribution in [2.75, 3.05) is 19.6 Å². The molecule has 6 nitrogen and oxygen atoms in total. The summed E-state index contributed by atoms with van der Waals surface area (Å²) in [6, 6.07) is 0.330. The minimum atomic E-state index is -0.0743. The van der Waals surface area contributed by atoms with Crippen LogP contribution in [-0.2, 0) is 11.2 Å². The van der Waals surface area contributed by atoms with E-state index in [4.69, 9.17) is 4.52 Å². The molecule has 0 aromatic carbocycles. The second-order valence-electron chi connectivity index (χ2n) is 4.28. The van der Waals surface area contributed by atoms with Crippen LogP contribution in [0, 0.1) is 6.92 Å². The van der Waals surface area contributed by atoms with Gasteiger partial charge in [-0.3, -0.25) is 9.69 Å². The van der Waals surface area contributed by atoms with E-state index in [2.05, 4.69) is 41.1 Å². The van der Waals surface area contributed by atoms with Gasteiger partial charge in [-0.15, -0.1) is 0 Å². The zero-order valence-electron chi connectivity index (χ0n) is 11.6. The highest BCUT2D eigenvalue weighted by Crippen LogP contribution is 1.98. The van der Waals surface area contributed by atoms with Crippen molar-refractivity contribution in [3.63, 3.8) is 0 Å². The zero-order valence-corrected chi connectivity index (χ0v) is 11.6. The van der Waals surface area contributed by atoms with Gasteiger partial charge in [-0.2, -0.15) is 4.98 Å². The molecule has 1 aromatic heterocycles. The number of aryl methyl sites for hydroxylation is 1. The normalized spacial score (nSPS) is 12.7. The molecule has 6 heteroatoms. The Balaban J connectivity index is 2.32. The number of amides is 1. The van der Waals surface area contributed by atoms with Crippen molar-refractivity contribution in [3.05, 3.63) is 11.7 Å². The highest BCUT2D eigenvalue weighted by molar-refractivity contribution is 5.77. The van der Waals surface area contributed by atoms with Crippen LogP contribution in [-0.4, -0.2) is 46.6 Å². The molecule has 0 saturated carbocycles. The molecule has 102 valence electrons. The van der Waals surface area contributed by atoms with E-state index >= 15 is 0 Å². The fraction of sp³-hybridized carbons (Fsp3) is 0.750.